The Morgan fingerprint density at radius 2 is 1.56 bits per heavy atom. The summed E-state index contributed by atoms with van der Waals surface area (Å²) in [6.45, 7) is 1.80. The highest BCUT2D eigenvalue weighted by Crippen LogP contribution is 2.27. The molecule has 39 heavy (non-hydrogen) atoms. The third-order valence-electron chi connectivity index (χ3n) is 7.05. The number of aliphatic carboxylic acids is 1. The number of pyridine rings is 1. The average molecular weight is 540 g/mol. The maximum absolute atomic E-state index is 13.5. The highest BCUT2D eigenvalue weighted by molar-refractivity contribution is 5.97. The molecule has 1 aromatic heterocycles. The molecule has 12 nitrogen and oxygen atoms in total. The first kappa shape index (κ1) is 27.8. The number of aliphatic hydroxyl groups excluding tert-OH is 1. The van der Waals surface area contributed by atoms with E-state index in [9.17, 15) is 34.5 Å². The summed E-state index contributed by atoms with van der Waals surface area (Å²) in [6, 6.07) is 11.8. The van der Waals surface area contributed by atoms with E-state index in [1.54, 1.807) is 6.07 Å². The molecule has 12 heteroatoms. The number of benzene rings is 1. The van der Waals surface area contributed by atoms with Crippen LogP contribution in [0.2, 0.25) is 0 Å². The van der Waals surface area contributed by atoms with Crippen LogP contribution in [0.4, 0.5) is 10.5 Å². The number of piperidine rings is 1. The Kier molecular flexibility index (Phi) is 8.97. The van der Waals surface area contributed by atoms with Crippen LogP contribution >= 0.6 is 0 Å². The van der Waals surface area contributed by atoms with E-state index >= 15 is 0 Å². The second-order valence-corrected chi connectivity index (χ2v) is 9.73. The molecule has 1 atom stereocenters. The first-order chi connectivity index (χ1) is 18.7. The van der Waals surface area contributed by atoms with Crippen molar-refractivity contribution in [3.05, 3.63) is 48.2 Å². The predicted molar refractivity (Wildman–Crippen MR) is 141 cm³/mol. The van der Waals surface area contributed by atoms with Crippen LogP contribution in [0.5, 0.6) is 0 Å². The highest BCUT2D eigenvalue weighted by Gasteiger charge is 2.31. The number of carboxylic acids is 1. The lowest BCUT2D eigenvalue weighted by Gasteiger charge is -2.35. The normalized spacial score (nSPS) is 17.0. The molecule has 2 saturated heterocycles. The number of nitrogens with zero attached hydrogens (tertiary/aromatic N) is 4. The zero-order valence-electron chi connectivity index (χ0n) is 21.5. The molecule has 2 fully saturated rings. The fourth-order valence-corrected chi connectivity index (χ4v) is 4.79. The molecule has 3 amide bonds. The molecule has 208 valence electrons. The molecule has 3 heterocycles. The standard InChI is InChI=1S/C27H33N5O7/c33-20-8-10-30(11-9-20)19-16-22(18-4-2-1-3-5-18)28-23(17-19)25(36)29-21(6-7-24(34)35)26(37)31-12-14-32(15-13-31)27(38)39/h1-5,16-17,20-21,33H,6-15H2,(H,29,36)(H,34,35)(H,38,39)/t21-/m0/s1. The molecule has 0 unspecified atom stereocenters. The van der Waals surface area contributed by atoms with E-state index in [0.29, 0.717) is 31.6 Å². The van der Waals surface area contributed by atoms with Gasteiger partial charge in [-0.15, -0.1) is 0 Å². The Morgan fingerprint density at radius 1 is 0.923 bits per heavy atom. The van der Waals surface area contributed by atoms with Gasteiger partial charge in [-0.05, 0) is 31.4 Å². The molecule has 1 aromatic carbocycles. The number of hydrogen-bond donors (Lipinski definition) is 4. The van der Waals surface area contributed by atoms with Gasteiger partial charge in [0, 0.05) is 56.9 Å². The monoisotopic (exact) mass is 539 g/mol. The zero-order valence-corrected chi connectivity index (χ0v) is 21.5. The zero-order chi connectivity index (χ0) is 27.9. The number of anilines is 1. The van der Waals surface area contributed by atoms with Gasteiger partial charge in [0.25, 0.3) is 5.91 Å². The fourth-order valence-electron chi connectivity index (χ4n) is 4.79. The third-order valence-corrected chi connectivity index (χ3v) is 7.05. The minimum absolute atomic E-state index is 0.0845. The summed E-state index contributed by atoms with van der Waals surface area (Å²) in [4.78, 5) is 58.5. The summed E-state index contributed by atoms with van der Waals surface area (Å²) in [5, 5.41) is 31.0. The van der Waals surface area contributed by atoms with Gasteiger partial charge in [-0.3, -0.25) is 14.4 Å². The van der Waals surface area contributed by atoms with E-state index in [2.05, 4.69) is 15.2 Å². The van der Waals surface area contributed by atoms with Gasteiger partial charge in [0.05, 0.1) is 11.8 Å². The SMILES string of the molecule is O=C(O)CC[C@H](NC(=O)c1cc(N2CCC(O)CC2)cc(-c2ccccc2)n1)C(=O)N1CCN(C(=O)O)CC1. The maximum Gasteiger partial charge on any atom is 0.407 e. The minimum atomic E-state index is -1.11. The van der Waals surface area contributed by atoms with E-state index in [1.807, 2.05) is 36.4 Å². The number of carbonyl (C=O) groups excluding carboxylic acids is 2. The summed E-state index contributed by atoms with van der Waals surface area (Å²) in [7, 11) is 0. The number of carboxylic acid groups (broad SMARTS) is 2. The molecule has 4 N–H and O–H groups in total. The van der Waals surface area contributed by atoms with E-state index in [0.717, 1.165) is 11.3 Å². The van der Waals surface area contributed by atoms with Crippen molar-refractivity contribution in [2.45, 2.75) is 37.8 Å². The first-order valence-electron chi connectivity index (χ1n) is 13.0. The smallest absolute Gasteiger partial charge is 0.407 e. The fraction of sp³-hybridized carbons (Fsp3) is 0.444. The Balaban J connectivity index is 1.57. The lowest BCUT2D eigenvalue weighted by molar-refractivity contribution is -0.138. The second kappa shape index (κ2) is 12.6. The summed E-state index contributed by atoms with van der Waals surface area (Å²) in [5.41, 5.74) is 2.23. The van der Waals surface area contributed by atoms with Gasteiger partial charge in [-0.25, -0.2) is 9.78 Å². The van der Waals surface area contributed by atoms with E-state index < -0.39 is 29.9 Å². The number of aromatic nitrogens is 1. The molecule has 0 radical (unpaired) electrons. The number of nitrogens with one attached hydrogen (secondary N) is 1. The Hall–Kier alpha value is -4.19. The Bertz CT molecular complexity index is 1190. The molecule has 4 rings (SSSR count). The van der Waals surface area contributed by atoms with Gasteiger partial charge >= 0.3 is 12.1 Å². The lowest BCUT2D eigenvalue weighted by atomic mass is 10.1. The topological polar surface area (TPSA) is 164 Å². The van der Waals surface area contributed by atoms with Crippen molar-refractivity contribution in [2.75, 3.05) is 44.2 Å². The minimum Gasteiger partial charge on any atom is -0.481 e. The Morgan fingerprint density at radius 3 is 2.18 bits per heavy atom. The van der Waals surface area contributed by atoms with Crippen LogP contribution in [0, 0.1) is 0 Å². The van der Waals surface area contributed by atoms with Crippen molar-refractivity contribution in [1.82, 2.24) is 20.1 Å². The quantitative estimate of drug-likeness (QED) is 0.389. The molecule has 0 spiro atoms. The number of aliphatic hydroxyl groups is 1. The van der Waals surface area contributed by atoms with E-state index in [1.165, 1.54) is 9.80 Å². The molecule has 2 aromatic rings. The van der Waals surface area contributed by atoms with Crippen molar-refractivity contribution in [1.29, 1.82) is 0 Å². The van der Waals surface area contributed by atoms with Crippen LogP contribution in [-0.4, -0.2) is 105 Å². The van der Waals surface area contributed by atoms with Crippen molar-refractivity contribution >= 4 is 29.6 Å². The third kappa shape index (κ3) is 7.23. The second-order valence-electron chi connectivity index (χ2n) is 9.73. The molecular weight excluding hydrogens is 506 g/mol. The first-order valence-corrected chi connectivity index (χ1v) is 13.0. The van der Waals surface area contributed by atoms with Crippen LogP contribution in [0.25, 0.3) is 11.3 Å². The van der Waals surface area contributed by atoms with E-state index in [-0.39, 0.29) is 50.8 Å². The molecular formula is C27H33N5O7. The van der Waals surface area contributed by atoms with Gasteiger partial charge in [-0.1, -0.05) is 30.3 Å². The van der Waals surface area contributed by atoms with Crippen molar-refractivity contribution in [2.24, 2.45) is 0 Å². The van der Waals surface area contributed by atoms with E-state index in [4.69, 9.17) is 0 Å². The molecule has 0 aliphatic carbocycles. The Labute approximate surface area is 225 Å². The molecule has 0 saturated carbocycles. The van der Waals surface area contributed by atoms with Crippen LogP contribution < -0.4 is 10.2 Å². The van der Waals surface area contributed by atoms with Crippen LogP contribution in [-0.2, 0) is 9.59 Å². The lowest BCUT2D eigenvalue weighted by Crippen LogP contribution is -2.55. The maximum atomic E-state index is 13.5. The number of amides is 3. The molecule has 0 bridgehead atoms. The van der Waals surface area contributed by atoms with Gasteiger partial charge < -0.3 is 35.3 Å². The van der Waals surface area contributed by atoms with Crippen molar-refractivity contribution in [3.8, 4) is 11.3 Å². The summed E-state index contributed by atoms with van der Waals surface area (Å²) >= 11 is 0. The summed E-state index contributed by atoms with van der Waals surface area (Å²) < 4.78 is 0. The number of carbonyl (C=O) groups is 4. The van der Waals surface area contributed by atoms with Gasteiger partial charge in [-0.2, -0.15) is 0 Å². The summed E-state index contributed by atoms with van der Waals surface area (Å²) in [5.74, 6) is -2.17. The average Bonchev–Trinajstić information content (AvgIpc) is 2.95. The number of piperazine rings is 1. The van der Waals surface area contributed by atoms with Crippen molar-refractivity contribution < 1.29 is 34.5 Å². The van der Waals surface area contributed by atoms with Crippen LogP contribution in [0.3, 0.4) is 0 Å². The molecule has 2 aliphatic rings. The largest absolute Gasteiger partial charge is 0.481 e. The van der Waals surface area contributed by atoms with Gasteiger partial charge in [0.2, 0.25) is 5.91 Å². The predicted octanol–water partition coefficient (Wildman–Crippen LogP) is 1.50. The molecule has 2 aliphatic heterocycles. The van der Waals surface area contributed by atoms with Gasteiger partial charge in [0.15, 0.2) is 0 Å². The number of rotatable bonds is 8. The highest BCUT2D eigenvalue weighted by atomic mass is 16.4. The van der Waals surface area contributed by atoms with Crippen LogP contribution in [0.15, 0.2) is 42.5 Å². The van der Waals surface area contributed by atoms with Crippen molar-refractivity contribution in [3.63, 3.8) is 0 Å². The van der Waals surface area contributed by atoms with Crippen LogP contribution in [0.1, 0.15) is 36.2 Å². The van der Waals surface area contributed by atoms with Gasteiger partial charge in [0.1, 0.15) is 11.7 Å². The number of hydrogen-bond acceptors (Lipinski definition) is 7. The summed E-state index contributed by atoms with van der Waals surface area (Å²) in [6.07, 6.45) is -0.672.